The molecule has 1 heterocycles. The molecular formula is C12H17N3O4. The first-order valence-electron chi connectivity index (χ1n) is 5.63. The maximum Gasteiger partial charge on any atom is 0.431 e. The Morgan fingerprint density at radius 2 is 2.05 bits per heavy atom. The van der Waals surface area contributed by atoms with Crippen molar-refractivity contribution in [3.63, 3.8) is 0 Å². The highest BCUT2D eigenvalue weighted by molar-refractivity contribution is 5.92. The molecule has 0 radical (unpaired) electrons. The molecule has 0 saturated heterocycles. The van der Waals surface area contributed by atoms with Gasteiger partial charge in [0, 0.05) is 6.20 Å². The Hall–Kier alpha value is -2.15. The lowest BCUT2D eigenvalue weighted by Gasteiger charge is -2.19. The Morgan fingerprint density at radius 3 is 2.53 bits per heavy atom. The second-order valence-corrected chi connectivity index (χ2v) is 4.80. The number of amides is 2. The molecule has 1 rings (SSSR count). The number of hydrogen-bond donors (Lipinski definition) is 2. The van der Waals surface area contributed by atoms with Crippen LogP contribution in [-0.2, 0) is 16.2 Å². The van der Waals surface area contributed by atoms with Crippen LogP contribution in [0.1, 0.15) is 36.8 Å². The molecule has 7 heteroatoms. The molecule has 7 nitrogen and oxygen atoms in total. The van der Waals surface area contributed by atoms with Gasteiger partial charge < -0.3 is 10.5 Å². The van der Waals surface area contributed by atoms with Gasteiger partial charge in [-0.15, -0.1) is 0 Å². The zero-order valence-electron chi connectivity index (χ0n) is 11.1. The van der Waals surface area contributed by atoms with E-state index >= 15 is 0 Å². The maximum atomic E-state index is 11.3. The fourth-order valence-corrected chi connectivity index (χ4v) is 1.12. The molecule has 0 fully saturated rings. The van der Waals surface area contributed by atoms with Gasteiger partial charge >= 0.3 is 6.09 Å². The summed E-state index contributed by atoms with van der Waals surface area (Å²) in [6.07, 6.45) is 0.662. The highest BCUT2D eigenvalue weighted by Crippen LogP contribution is 2.06. The summed E-state index contributed by atoms with van der Waals surface area (Å²) in [5.41, 5.74) is 7.47. The third kappa shape index (κ3) is 5.82. The van der Waals surface area contributed by atoms with Crippen molar-refractivity contribution in [1.29, 1.82) is 0 Å². The number of carbonyl (C=O) groups is 2. The minimum Gasteiger partial charge on any atom is -0.442 e. The zero-order valence-corrected chi connectivity index (χ0v) is 11.1. The topological polar surface area (TPSA) is 104 Å². The smallest absolute Gasteiger partial charge is 0.431 e. The van der Waals surface area contributed by atoms with Gasteiger partial charge in [0.05, 0.1) is 11.3 Å². The largest absolute Gasteiger partial charge is 0.442 e. The molecule has 2 amide bonds. The number of aromatic nitrogens is 1. The monoisotopic (exact) mass is 267 g/mol. The third-order valence-corrected chi connectivity index (χ3v) is 1.88. The minimum atomic E-state index is -0.679. The number of nitrogens with one attached hydrogen (secondary N) is 1. The SMILES string of the molecule is CC(C)(C)OC(=O)NOCc1ccc(C(N)=O)cn1. The van der Waals surface area contributed by atoms with Crippen LogP contribution in [0.3, 0.4) is 0 Å². The molecule has 0 saturated carbocycles. The minimum absolute atomic E-state index is 0.0539. The highest BCUT2D eigenvalue weighted by Gasteiger charge is 2.15. The van der Waals surface area contributed by atoms with Gasteiger partial charge in [-0.3, -0.25) is 14.6 Å². The predicted octanol–water partition coefficient (Wildman–Crippen LogP) is 1.14. The number of rotatable bonds is 4. The van der Waals surface area contributed by atoms with Crippen molar-refractivity contribution < 1.29 is 19.2 Å². The Labute approximate surface area is 111 Å². The number of carbonyl (C=O) groups excluding carboxylic acids is 2. The van der Waals surface area contributed by atoms with Gasteiger partial charge in [-0.05, 0) is 32.9 Å². The van der Waals surface area contributed by atoms with E-state index in [0.29, 0.717) is 11.3 Å². The van der Waals surface area contributed by atoms with Crippen LogP contribution in [0.2, 0.25) is 0 Å². The van der Waals surface area contributed by atoms with Crippen LogP contribution in [0.4, 0.5) is 4.79 Å². The van der Waals surface area contributed by atoms with E-state index in [1.165, 1.54) is 12.3 Å². The van der Waals surface area contributed by atoms with Crippen molar-refractivity contribution in [3.05, 3.63) is 29.6 Å². The molecule has 0 aliphatic heterocycles. The van der Waals surface area contributed by atoms with Crippen molar-refractivity contribution in [2.24, 2.45) is 5.73 Å². The van der Waals surface area contributed by atoms with Crippen LogP contribution < -0.4 is 11.2 Å². The van der Waals surface area contributed by atoms with Crippen LogP contribution in [0.5, 0.6) is 0 Å². The van der Waals surface area contributed by atoms with E-state index in [1.807, 2.05) is 0 Å². The zero-order chi connectivity index (χ0) is 14.5. The average Bonchev–Trinajstić information content (AvgIpc) is 2.27. The van der Waals surface area contributed by atoms with Crippen molar-refractivity contribution in [3.8, 4) is 0 Å². The Morgan fingerprint density at radius 1 is 1.37 bits per heavy atom. The summed E-state index contributed by atoms with van der Waals surface area (Å²) in [5.74, 6) is -0.549. The number of nitrogens with zero attached hydrogens (tertiary/aromatic N) is 1. The molecule has 0 atom stereocenters. The normalized spacial score (nSPS) is 10.9. The highest BCUT2D eigenvalue weighted by atomic mass is 16.7. The second kappa shape index (κ2) is 6.14. The molecule has 0 aliphatic rings. The summed E-state index contributed by atoms with van der Waals surface area (Å²) in [7, 11) is 0. The van der Waals surface area contributed by atoms with E-state index in [4.69, 9.17) is 15.3 Å². The standard InChI is InChI=1S/C12H17N3O4/c1-12(2,3)19-11(17)15-18-7-9-5-4-8(6-14-9)10(13)16/h4-6H,7H2,1-3H3,(H2,13,16)(H,15,17). The fraction of sp³-hybridized carbons (Fsp3) is 0.417. The van der Waals surface area contributed by atoms with Crippen molar-refractivity contribution in [2.75, 3.05) is 0 Å². The average molecular weight is 267 g/mol. The summed E-state index contributed by atoms with van der Waals surface area (Å²) < 4.78 is 4.97. The molecule has 0 unspecified atom stereocenters. The van der Waals surface area contributed by atoms with Gasteiger partial charge in [0.15, 0.2) is 0 Å². The van der Waals surface area contributed by atoms with Crippen LogP contribution in [0, 0.1) is 0 Å². The van der Waals surface area contributed by atoms with Crippen LogP contribution >= 0.6 is 0 Å². The number of hydrogen-bond acceptors (Lipinski definition) is 5. The van der Waals surface area contributed by atoms with Gasteiger partial charge in [0.25, 0.3) is 0 Å². The molecule has 0 aromatic carbocycles. The van der Waals surface area contributed by atoms with Crippen molar-refractivity contribution in [2.45, 2.75) is 33.0 Å². The predicted molar refractivity (Wildman–Crippen MR) is 66.9 cm³/mol. The number of nitrogens with two attached hydrogens (primary N) is 1. The lowest BCUT2D eigenvalue weighted by molar-refractivity contribution is -0.0144. The lowest BCUT2D eigenvalue weighted by Crippen LogP contribution is -2.32. The summed E-state index contributed by atoms with van der Waals surface area (Å²) in [6.45, 7) is 5.29. The quantitative estimate of drug-likeness (QED) is 0.796. The first-order chi connectivity index (χ1) is 8.78. The summed E-state index contributed by atoms with van der Waals surface area (Å²) >= 11 is 0. The third-order valence-electron chi connectivity index (χ3n) is 1.88. The first-order valence-corrected chi connectivity index (χ1v) is 5.63. The Balaban J connectivity index is 2.37. The molecule has 1 aromatic heterocycles. The molecule has 0 aliphatic carbocycles. The van der Waals surface area contributed by atoms with E-state index in [1.54, 1.807) is 26.8 Å². The van der Waals surface area contributed by atoms with Gasteiger partial charge in [0.1, 0.15) is 12.2 Å². The summed E-state index contributed by atoms with van der Waals surface area (Å²) in [4.78, 5) is 31.0. The number of hydroxylamine groups is 1. The van der Waals surface area contributed by atoms with E-state index in [9.17, 15) is 9.59 Å². The Bertz CT molecular complexity index is 451. The van der Waals surface area contributed by atoms with Crippen LogP contribution in [0.15, 0.2) is 18.3 Å². The van der Waals surface area contributed by atoms with Gasteiger partial charge in [-0.25, -0.2) is 4.79 Å². The van der Waals surface area contributed by atoms with Gasteiger partial charge in [0.2, 0.25) is 5.91 Å². The molecule has 104 valence electrons. The molecule has 1 aromatic rings. The molecule has 19 heavy (non-hydrogen) atoms. The number of primary amides is 1. The molecule has 0 bridgehead atoms. The van der Waals surface area contributed by atoms with Crippen LogP contribution in [-0.4, -0.2) is 22.6 Å². The molecular weight excluding hydrogens is 250 g/mol. The number of ether oxygens (including phenoxy) is 1. The first kappa shape index (κ1) is 14.9. The van der Waals surface area contributed by atoms with E-state index < -0.39 is 17.6 Å². The summed E-state index contributed by atoms with van der Waals surface area (Å²) in [5, 5.41) is 0. The van der Waals surface area contributed by atoms with Crippen LogP contribution in [0.25, 0.3) is 0 Å². The van der Waals surface area contributed by atoms with Gasteiger partial charge in [-0.2, -0.15) is 5.48 Å². The van der Waals surface area contributed by atoms with Crippen molar-refractivity contribution in [1.82, 2.24) is 10.5 Å². The second-order valence-electron chi connectivity index (χ2n) is 4.80. The van der Waals surface area contributed by atoms with E-state index in [2.05, 4.69) is 10.5 Å². The Kier molecular flexibility index (Phi) is 4.82. The maximum absolute atomic E-state index is 11.3. The van der Waals surface area contributed by atoms with Crippen molar-refractivity contribution >= 4 is 12.0 Å². The van der Waals surface area contributed by atoms with E-state index in [-0.39, 0.29) is 6.61 Å². The fourth-order valence-electron chi connectivity index (χ4n) is 1.12. The van der Waals surface area contributed by atoms with E-state index in [0.717, 1.165) is 0 Å². The number of pyridine rings is 1. The van der Waals surface area contributed by atoms with Gasteiger partial charge in [-0.1, -0.05) is 0 Å². The molecule has 0 spiro atoms. The summed E-state index contributed by atoms with van der Waals surface area (Å²) in [6, 6.07) is 3.11. The lowest BCUT2D eigenvalue weighted by atomic mass is 10.2. The molecule has 3 N–H and O–H groups in total.